The van der Waals surface area contributed by atoms with Gasteiger partial charge in [0.15, 0.2) is 0 Å². The molecule has 0 spiro atoms. The van der Waals surface area contributed by atoms with Crippen molar-refractivity contribution in [2.75, 3.05) is 35.9 Å². The van der Waals surface area contributed by atoms with Gasteiger partial charge in [0.2, 0.25) is 0 Å². The van der Waals surface area contributed by atoms with Gasteiger partial charge in [0, 0.05) is 17.6 Å². The monoisotopic (exact) mass is 424 g/mol. The minimum absolute atomic E-state index is 0.306. The van der Waals surface area contributed by atoms with Crippen LogP contribution >= 0.6 is 15.9 Å². The number of aryl methyl sites for hydroxylation is 2. The third-order valence-electron chi connectivity index (χ3n) is 4.19. The summed E-state index contributed by atoms with van der Waals surface area (Å²) >= 11 is 3.43. The van der Waals surface area contributed by atoms with E-state index in [9.17, 15) is 8.42 Å². The van der Waals surface area contributed by atoms with Crippen LogP contribution in [0, 0.1) is 13.8 Å². The van der Waals surface area contributed by atoms with Crippen LogP contribution in [0.4, 0.5) is 11.4 Å². The predicted molar refractivity (Wildman–Crippen MR) is 104 cm³/mol. The molecule has 2 aromatic carbocycles. The number of morpholine rings is 1. The van der Waals surface area contributed by atoms with Gasteiger partial charge in [-0.3, -0.25) is 4.72 Å². The van der Waals surface area contributed by atoms with Crippen molar-refractivity contribution in [1.29, 1.82) is 0 Å². The highest BCUT2D eigenvalue weighted by Crippen LogP contribution is 2.32. The first-order valence-corrected chi connectivity index (χ1v) is 10.4. The lowest BCUT2D eigenvalue weighted by Crippen LogP contribution is -2.36. The maximum absolute atomic E-state index is 13.0. The van der Waals surface area contributed by atoms with Crippen molar-refractivity contribution in [2.24, 2.45) is 0 Å². The van der Waals surface area contributed by atoms with Crippen LogP contribution in [-0.2, 0) is 14.8 Å². The van der Waals surface area contributed by atoms with Gasteiger partial charge in [-0.25, -0.2) is 8.42 Å². The number of rotatable bonds is 4. The molecule has 1 fully saturated rings. The number of hydrogen-bond acceptors (Lipinski definition) is 4. The highest BCUT2D eigenvalue weighted by molar-refractivity contribution is 9.10. The van der Waals surface area contributed by atoms with E-state index in [1.165, 1.54) is 0 Å². The van der Waals surface area contributed by atoms with Gasteiger partial charge in [-0.15, -0.1) is 0 Å². The summed E-state index contributed by atoms with van der Waals surface area (Å²) in [5.74, 6) is 0. The fourth-order valence-electron chi connectivity index (χ4n) is 2.87. The molecule has 0 aromatic heterocycles. The van der Waals surface area contributed by atoms with E-state index < -0.39 is 10.0 Å². The Kier molecular flexibility index (Phi) is 5.36. The molecule has 5 nitrogen and oxygen atoms in total. The standard InChI is InChI=1S/C18H21BrN2O3S/c1-13-3-4-14(2)18(11-13)25(22,23)20-16-12-15(19)5-6-17(16)21-7-9-24-10-8-21/h3-6,11-12,20H,7-10H2,1-2H3. The SMILES string of the molecule is Cc1ccc(C)c(S(=O)(=O)Nc2cc(Br)ccc2N2CCOCC2)c1. The van der Waals surface area contributed by atoms with Crippen molar-refractivity contribution in [3.05, 3.63) is 52.0 Å². The molecule has 25 heavy (non-hydrogen) atoms. The van der Waals surface area contributed by atoms with Crippen molar-refractivity contribution in [3.63, 3.8) is 0 Å². The van der Waals surface area contributed by atoms with Crippen LogP contribution in [-0.4, -0.2) is 34.7 Å². The maximum atomic E-state index is 13.0. The lowest BCUT2D eigenvalue weighted by atomic mass is 10.2. The normalized spacial score (nSPS) is 15.2. The average Bonchev–Trinajstić information content (AvgIpc) is 2.57. The lowest BCUT2D eigenvalue weighted by Gasteiger charge is -2.30. The molecule has 1 N–H and O–H groups in total. The Hall–Kier alpha value is -1.57. The third kappa shape index (κ3) is 4.16. The molecule has 3 rings (SSSR count). The van der Waals surface area contributed by atoms with Gasteiger partial charge < -0.3 is 9.64 Å². The number of ether oxygens (including phenoxy) is 1. The number of anilines is 2. The molecular formula is C18H21BrN2O3S. The van der Waals surface area contributed by atoms with Crippen LogP contribution in [0.2, 0.25) is 0 Å². The zero-order valence-electron chi connectivity index (χ0n) is 14.3. The Labute approximate surface area is 157 Å². The van der Waals surface area contributed by atoms with E-state index >= 15 is 0 Å². The molecule has 7 heteroatoms. The molecule has 0 atom stereocenters. The van der Waals surface area contributed by atoms with Crippen molar-refractivity contribution >= 4 is 37.3 Å². The highest BCUT2D eigenvalue weighted by atomic mass is 79.9. The molecule has 0 radical (unpaired) electrons. The van der Waals surface area contributed by atoms with Crippen molar-refractivity contribution in [1.82, 2.24) is 0 Å². The number of sulfonamides is 1. The zero-order chi connectivity index (χ0) is 18.0. The Bertz CT molecular complexity index is 878. The molecule has 0 bridgehead atoms. The third-order valence-corrected chi connectivity index (χ3v) is 6.19. The molecule has 134 valence electrons. The topological polar surface area (TPSA) is 58.6 Å². The van der Waals surface area contributed by atoms with Crippen LogP contribution in [0.1, 0.15) is 11.1 Å². The fraction of sp³-hybridized carbons (Fsp3) is 0.333. The Morgan fingerprint density at radius 2 is 1.80 bits per heavy atom. The van der Waals surface area contributed by atoms with Gasteiger partial charge in [-0.05, 0) is 49.2 Å². The smallest absolute Gasteiger partial charge is 0.262 e. The number of benzene rings is 2. The lowest BCUT2D eigenvalue weighted by molar-refractivity contribution is 0.123. The first-order chi connectivity index (χ1) is 11.9. The summed E-state index contributed by atoms with van der Waals surface area (Å²) in [5, 5.41) is 0. The van der Waals surface area contributed by atoms with Crippen LogP contribution < -0.4 is 9.62 Å². The first-order valence-electron chi connectivity index (χ1n) is 8.09. The second kappa shape index (κ2) is 7.35. The molecule has 1 aliphatic heterocycles. The van der Waals surface area contributed by atoms with E-state index in [1.54, 1.807) is 19.1 Å². The molecule has 0 amide bonds. The zero-order valence-corrected chi connectivity index (χ0v) is 16.7. The van der Waals surface area contributed by atoms with Gasteiger partial charge in [-0.2, -0.15) is 0 Å². The number of nitrogens with one attached hydrogen (secondary N) is 1. The number of hydrogen-bond donors (Lipinski definition) is 1. The molecule has 1 heterocycles. The fourth-order valence-corrected chi connectivity index (χ4v) is 4.62. The summed E-state index contributed by atoms with van der Waals surface area (Å²) in [6.07, 6.45) is 0. The number of nitrogens with zero attached hydrogens (tertiary/aromatic N) is 1. The van der Waals surface area contributed by atoms with Crippen molar-refractivity contribution in [2.45, 2.75) is 18.7 Å². The van der Waals surface area contributed by atoms with Crippen LogP contribution in [0.5, 0.6) is 0 Å². The van der Waals surface area contributed by atoms with Gasteiger partial charge in [-0.1, -0.05) is 28.1 Å². The largest absolute Gasteiger partial charge is 0.378 e. The molecule has 2 aromatic rings. The van der Waals surface area contributed by atoms with E-state index in [4.69, 9.17) is 4.74 Å². The summed E-state index contributed by atoms with van der Waals surface area (Å²) in [4.78, 5) is 2.44. The van der Waals surface area contributed by atoms with Gasteiger partial charge in [0.25, 0.3) is 10.0 Å². The highest BCUT2D eigenvalue weighted by Gasteiger charge is 2.21. The molecular weight excluding hydrogens is 404 g/mol. The summed E-state index contributed by atoms with van der Waals surface area (Å²) in [6, 6.07) is 11.1. The minimum Gasteiger partial charge on any atom is -0.378 e. The van der Waals surface area contributed by atoms with Crippen LogP contribution in [0.25, 0.3) is 0 Å². The molecule has 0 aliphatic carbocycles. The van der Waals surface area contributed by atoms with Gasteiger partial charge >= 0.3 is 0 Å². The number of halogens is 1. The molecule has 0 unspecified atom stereocenters. The molecule has 0 saturated carbocycles. The van der Waals surface area contributed by atoms with E-state index in [1.807, 2.05) is 31.2 Å². The maximum Gasteiger partial charge on any atom is 0.262 e. The minimum atomic E-state index is -3.67. The summed E-state index contributed by atoms with van der Waals surface area (Å²) in [7, 11) is -3.67. The Balaban J connectivity index is 1.99. The van der Waals surface area contributed by atoms with E-state index in [0.29, 0.717) is 23.8 Å². The summed E-state index contributed by atoms with van der Waals surface area (Å²) in [5.41, 5.74) is 3.06. The quantitative estimate of drug-likeness (QED) is 0.812. The Morgan fingerprint density at radius 3 is 2.52 bits per heavy atom. The van der Waals surface area contributed by atoms with Crippen LogP contribution in [0.3, 0.4) is 0 Å². The van der Waals surface area contributed by atoms with E-state index in [2.05, 4.69) is 25.6 Å². The first kappa shape index (κ1) is 18.2. The van der Waals surface area contributed by atoms with E-state index in [-0.39, 0.29) is 0 Å². The van der Waals surface area contributed by atoms with Gasteiger partial charge in [0.05, 0.1) is 29.5 Å². The average molecular weight is 425 g/mol. The van der Waals surface area contributed by atoms with Crippen molar-refractivity contribution in [3.8, 4) is 0 Å². The second-order valence-electron chi connectivity index (χ2n) is 6.14. The van der Waals surface area contributed by atoms with Crippen molar-refractivity contribution < 1.29 is 13.2 Å². The predicted octanol–water partition coefficient (Wildman–Crippen LogP) is 3.70. The van der Waals surface area contributed by atoms with E-state index in [0.717, 1.165) is 34.4 Å². The molecule has 1 saturated heterocycles. The summed E-state index contributed by atoms with van der Waals surface area (Å²) < 4.78 is 34.9. The molecule has 1 aliphatic rings. The summed E-state index contributed by atoms with van der Waals surface area (Å²) in [6.45, 7) is 6.44. The Morgan fingerprint density at radius 1 is 1.08 bits per heavy atom. The van der Waals surface area contributed by atoms with Gasteiger partial charge in [0.1, 0.15) is 0 Å². The van der Waals surface area contributed by atoms with Crippen LogP contribution in [0.15, 0.2) is 45.8 Å². The second-order valence-corrected chi connectivity index (χ2v) is 8.70.